The Balaban J connectivity index is 1.28. The molecule has 0 heterocycles. The largest absolute Gasteiger partial charge is 0.481 e. The Labute approximate surface area is 259 Å². The Hall–Kier alpha value is -2.59. The molecule has 44 heavy (non-hydrogen) atoms. The fourth-order valence-electron chi connectivity index (χ4n) is 9.08. The van der Waals surface area contributed by atoms with Crippen LogP contribution >= 0.6 is 0 Å². The van der Waals surface area contributed by atoms with E-state index in [0.717, 1.165) is 44.9 Å². The van der Waals surface area contributed by atoms with Gasteiger partial charge in [0.1, 0.15) is 5.60 Å². The van der Waals surface area contributed by atoms with Gasteiger partial charge in [-0.1, -0.05) is 64.0 Å². The summed E-state index contributed by atoms with van der Waals surface area (Å²) in [6.45, 7) is 5.03. The summed E-state index contributed by atoms with van der Waals surface area (Å²) < 4.78 is 22.5. The minimum atomic E-state index is -2.05. The number of rotatable bonds is 14. The number of fused-ring (bicyclic) bond motifs is 5. The highest BCUT2D eigenvalue weighted by molar-refractivity contribution is 6.01. The lowest BCUT2D eigenvalue weighted by atomic mass is 9.44. The van der Waals surface area contributed by atoms with Crippen LogP contribution < -0.4 is 5.32 Å². The Bertz CT molecular complexity index is 1190. The Morgan fingerprint density at radius 3 is 2.34 bits per heavy atom. The Kier molecular flexibility index (Phi) is 10.5. The molecule has 0 aromatic heterocycles. The van der Waals surface area contributed by atoms with E-state index in [2.05, 4.69) is 5.32 Å². The molecule has 0 aliphatic heterocycles. The fourth-order valence-corrected chi connectivity index (χ4v) is 9.08. The fraction of sp³-hybridized carbons (Fsp3) is 0.765. The average molecular weight is 620 g/mol. The molecule has 8 atom stereocenters. The van der Waals surface area contributed by atoms with Crippen molar-refractivity contribution in [1.29, 1.82) is 0 Å². The van der Waals surface area contributed by atoms with Gasteiger partial charge >= 0.3 is 12.1 Å². The number of alkyl halides is 1. The van der Waals surface area contributed by atoms with Crippen molar-refractivity contribution in [3.8, 4) is 0 Å². The summed E-state index contributed by atoms with van der Waals surface area (Å²) in [5, 5.41) is 34.8. The van der Waals surface area contributed by atoms with Crippen molar-refractivity contribution in [2.45, 2.75) is 122 Å². The number of allylic oxidation sites excluding steroid dienone is 4. The zero-order valence-corrected chi connectivity index (χ0v) is 26.4. The number of ketones is 2. The average Bonchev–Trinajstić information content (AvgIpc) is 3.17. The summed E-state index contributed by atoms with van der Waals surface area (Å²) in [5.74, 6) is -3.13. The number of aliphatic hydroxyl groups excluding tert-OH is 1. The van der Waals surface area contributed by atoms with E-state index in [-0.39, 0.29) is 24.5 Å². The monoisotopic (exact) mass is 619 g/mol. The molecule has 0 spiro atoms. The number of carboxylic acid groups (broad SMARTS) is 1. The molecule has 246 valence electrons. The summed E-state index contributed by atoms with van der Waals surface area (Å²) in [7, 11) is 0. The first-order chi connectivity index (χ1) is 20.7. The van der Waals surface area contributed by atoms with Gasteiger partial charge in [-0.05, 0) is 69.4 Å². The summed E-state index contributed by atoms with van der Waals surface area (Å²) >= 11 is 0. The molecule has 1 amide bonds. The summed E-state index contributed by atoms with van der Waals surface area (Å²) in [6, 6.07) is 0. The lowest BCUT2D eigenvalue weighted by Crippen LogP contribution is -2.69. The van der Waals surface area contributed by atoms with Gasteiger partial charge in [-0.2, -0.15) is 0 Å². The van der Waals surface area contributed by atoms with E-state index in [1.54, 1.807) is 26.8 Å². The van der Waals surface area contributed by atoms with Crippen molar-refractivity contribution in [3.05, 3.63) is 23.8 Å². The highest BCUT2D eigenvalue weighted by Gasteiger charge is 2.75. The first-order valence-corrected chi connectivity index (χ1v) is 16.4. The lowest BCUT2D eigenvalue weighted by Gasteiger charge is -2.62. The standard InChI is InChI=1S/C34H50FNO8/c1-22-18-26-25-14-13-23-19-24(37)15-16-31(23,2)33(25,35)27(38)20-32(26,3)34(22,43)28(39)21-44-30(42)36-17-11-9-7-5-4-6-8-10-12-29(40)41/h15-16,19,22,25-27,38,43H,4-14,17-18,20-21H2,1-3H3,(H,36,42)(H,40,41)/t22-,25?,26?,27?,31?,32?,33+,34+/m1/s1. The number of carbonyl (C=O) groups excluding carboxylic acids is 3. The van der Waals surface area contributed by atoms with Gasteiger partial charge in [0.05, 0.1) is 6.10 Å². The number of carboxylic acids is 1. The molecular weight excluding hydrogens is 569 g/mol. The maximum absolute atomic E-state index is 17.3. The van der Waals surface area contributed by atoms with Crippen molar-refractivity contribution in [1.82, 2.24) is 5.32 Å². The molecule has 3 fully saturated rings. The number of amides is 1. The van der Waals surface area contributed by atoms with Crippen LogP contribution in [0.25, 0.3) is 0 Å². The predicted octanol–water partition coefficient (Wildman–Crippen LogP) is 5.23. The van der Waals surface area contributed by atoms with Gasteiger partial charge in [0.25, 0.3) is 0 Å². The molecule has 3 saturated carbocycles. The second-order valence-electron chi connectivity index (χ2n) is 14.1. The Morgan fingerprint density at radius 1 is 1.05 bits per heavy atom. The smallest absolute Gasteiger partial charge is 0.407 e. The third kappa shape index (κ3) is 6.00. The number of aliphatic hydroxyl groups is 2. The van der Waals surface area contributed by atoms with Crippen LogP contribution in [0.3, 0.4) is 0 Å². The van der Waals surface area contributed by atoms with Crippen LogP contribution in [0.2, 0.25) is 0 Å². The number of alkyl carbamates (subject to hydrolysis) is 1. The number of aliphatic carboxylic acids is 1. The molecule has 4 aliphatic rings. The Morgan fingerprint density at radius 2 is 1.68 bits per heavy atom. The molecule has 4 rings (SSSR count). The second-order valence-corrected chi connectivity index (χ2v) is 14.1. The molecule has 0 aromatic carbocycles. The number of Topliss-reactive ketones (excluding diaryl/α,β-unsaturated/α-hetero) is 1. The second kappa shape index (κ2) is 13.4. The van der Waals surface area contributed by atoms with Gasteiger partial charge in [-0.3, -0.25) is 14.4 Å². The van der Waals surface area contributed by atoms with E-state index in [1.165, 1.54) is 12.2 Å². The maximum atomic E-state index is 17.3. The van der Waals surface area contributed by atoms with E-state index in [1.807, 2.05) is 0 Å². The molecular formula is C34H50FNO8. The number of hydrogen-bond donors (Lipinski definition) is 4. The molecule has 9 nitrogen and oxygen atoms in total. The van der Waals surface area contributed by atoms with E-state index < -0.39 is 64.5 Å². The third-order valence-corrected chi connectivity index (χ3v) is 11.6. The van der Waals surface area contributed by atoms with Gasteiger partial charge in [0.2, 0.25) is 5.78 Å². The molecule has 10 heteroatoms. The van der Waals surface area contributed by atoms with Crippen LogP contribution in [0.5, 0.6) is 0 Å². The summed E-state index contributed by atoms with van der Waals surface area (Å²) in [4.78, 5) is 48.5. The highest BCUT2D eigenvalue weighted by atomic mass is 19.1. The van der Waals surface area contributed by atoms with Crippen LogP contribution in [0.15, 0.2) is 23.8 Å². The molecule has 0 aromatic rings. The van der Waals surface area contributed by atoms with Crippen molar-refractivity contribution in [2.75, 3.05) is 13.2 Å². The van der Waals surface area contributed by atoms with Gasteiger partial charge in [-0.15, -0.1) is 0 Å². The molecule has 0 radical (unpaired) electrons. The normalized spacial score (nSPS) is 37.4. The molecule has 5 unspecified atom stereocenters. The summed E-state index contributed by atoms with van der Waals surface area (Å²) in [5.41, 5.74) is -5.55. The predicted molar refractivity (Wildman–Crippen MR) is 161 cm³/mol. The first kappa shape index (κ1) is 34.3. The van der Waals surface area contributed by atoms with Crippen LogP contribution in [0.4, 0.5) is 9.18 Å². The van der Waals surface area contributed by atoms with Crippen LogP contribution in [0.1, 0.15) is 104 Å². The number of carbonyl (C=O) groups is 4. The zero-order chi connectivity index (χ0) is 32.3. The molecule has 0 bridgehead atoms. The van der Waals surface area contributed by atoms with Crippen LogP contribution in [0, 0.1) is 28.6 Å². The third-order valence-electron chi connectivity index (χ3n) is 11.6. The number of halogens is 1. The number of unbranched alkanes of at least 4 members (excludes halogenated alkanes) is 7. The molecule has 4 N–H and O–H groups in total. The number of ether oxygens (including phenoxy) is 1. The molecule has 4 aliphatic carbocycles. The maximum Gasteiger partial charge on any atom is 0.407 e. The summed E-state index contributed by atoms with van der Waals surface area (Å²) in [6.07, 6.45) is 11.0. The zero-order valence-electron chi connectivity index (χ0n) is 26.4. The van der Waals surface area contributed by atoms with E-state index in [9.17, 15) is 29.4 Å². The number of hydrogen-bond acceptors (Lipinski definition) is 7. The minimum absolute atomic E-state index is 0.129. The van der Waals surface area contributed by atoms with Crippen LogP contribution in [-0.2, 0) is 19.1 Å². The minimum Gasteiger partial charge on any atom is -0.481 e. The van der Waals surface area contributed by atoms with Gasteiger partial charge in [-0.25, -0.2) is 9.18 Å². The van der Waals surface area contributed by atoms with Crippen molar-refractivity contribution >= 4 is 23.6 Å². The van der Waals surface area contributed by atoms with Gasteiger partial charge in [0.15, 0.2) is 18.1 Å². The molecule has 0 saturated heterocycles. The number of nitrogens with one attached hydrogen (secondary N) is 1. The highest BCUT2D eigenvalue weighted by Crippen LogP contribution is 2.70. The van der Waals surface area contributed by atoms with E-state index >= 15 is 4.39 Å². The van der Waals surface area contributed by atoms with Crippen molar-refractivity contribution in [2.24, 2.45) is 28.6 Å². The first-order valence-electron chi connectivity index (χ1n) is 16.4. The quantitative estimate of drug-likeness (QED) is 0.193. The SMILES string of the molecule is C[C@@H]1CC2C3CCC4=CC(=O)C=CC4(C)[C@@]3(F)C(O)CC2(C)[C@@]1(O)C(=O)COC(=O)NCCCCCCCCCCC(=O)O. The van der Waals surface area contributed by atoms with Gasteiger partial charge in [0, 0.05) is 29.7 Å². The van der Waals surface area contributed by atoms with Crippen LogP contribution in [-0.4, -0.2) is 69.5 Å². The van der Waals surface area contributed by atoms with E-state index in [4.69, 9.17) is 9.84 Å². The van der Waals surface area contributed by atoms with E-state index in [0.29, 0.717) is 37.8 Å². The lowest BCUT2D eigenvalue weighted by molar-refractivity contribution is -0.219. The van der Waals surface area contributed by atoms with Crippen molar-refractivity contribution in [3.63, 3.8) is 0 Å². The topological polar surface area (TPSA) is 150 Å². The van der Waals surface area contributed by atoms with Crippen molar-refractivity contribution < 1.29 is 43.6 Å². The van der Waals surface area contributed by atoms with Gasteiger partial charge < -0.3 is 25.4 Å².